The monoisotopic (exact) mass is 374 g/mol. The molecule has 1 N–H and O–H groups in total. The third-order valence-electron chi connectivity index (χ3n) is 4.72. The number of nitrogens with one attached hydrogen (secondary N) is 1. The lowest BCUT2D eigenvalue weighted by atomic mass is 10.2. The van der Waals surface area contributed by atoms with E-state index >= 15 is 0 Å². The molecule has 8 heteroatoms. The number of aromatic nitrogens is 3. The number of carbonyl (C=O) groups is 1. The number of nitrogens with zero attached hydrogens (tertiary/aromatic N) is 3. The van der Waals surface area contributed by atoms with E-state index in [1.807, 2.05) is 35.9 Å². The maximum atomic E-state index is 12.1. The van der Waals surface area contributed by atoms with Crippen molar-refractivity contribution in [3.8, 4) is 11.5 Å². The van der Waals surface area contributed by atoms with Crippen LogP contribution in [0, 0.1) is 0 Å². The van der Waals surface area contributed by atoms with E-state index in [4.69, 9.17) is 9.47 Å². The second-order valence-corrected chi connectivity index (χ2v) is 7.54. The fraction of sp³-hybridized carbons (Fsp3) is 0.500. The summed E-state index contributed by atoms with van der Waals surface area (Å²) in [4.78, 5) is 12.1. The van der Waals surface area contributed by atoms with Crippen LogP contribution in [0.15, 0.2) is 29.4 Å². The lowest BCUT2D eigenvalue weighted by molar-refractivity contribution is -0.119. The smallest absolute Gasteiger partial charge is 0.230 e. The molecular formula is C18H22N4O3S. The van der Waals surface area contributed by atoms with Crippen molar-refractivity contribution in [2.45, 2.75) is 43.0 Å². The summed E-state index contributed by atoms with van der Waals surface area (Å²) in [6.45, 7) is 0.385. The van der Waals surface area contributed by atoms with Gasteiger partial charge in [0.15, 0.2) is 28.6 Å². The van der Waals surface area contributed by atoms with Crippen LogP contribution < -0.4 is 14.8 Å². The van der Waals surface area contributed by atoms with Crippen molar-refractivity contribution >= 4 is 17.7 Å². The number of ether oxygens (including phenoxy) is 2. The molecular weight excluding hydrogens is 352 g/mol. The van der Waals surface area contributed by atoms with E-state index in [1.165, 1.54) is 24.6 Å². The van der Waals surface area contributed by atoms with Gasteiger partial charge in [0.1, 0.15) is 6.61 Å². The van der Waals surface area contributed by atoms with Crippen LogP contribution in [0.1, 0.15) is 37.6 Å². The van der Waals surface area contributed by atoms with Gasteiger partial charge in [-0.05, 0) is 25.0 Å². The molecule has 2 heterocycles. The Morgan fingerprint density at radius 2 is 2.04 bits per heavy atom. The minimum atomic E-state index is -0.316. The molecule has 1 saturated carbocycles. The van der Waals surface area contributed by atoms with E-state index in [2.05, 4.69) is 15.5 Å². The van der Waals surface area contributed by atoms with Crippen LogP contribution in [0.25, 0.3) is 0 Å². The van der Waals surface area contributed by atoms with Crippen LogP contribution >= 0.6 is 11.8 Å². The number of amides is 1. The molecule has 1 amide bonds. The number of rotatable bonds is 5. The zero-order valence-corrected chi connectivity index (χ0v) is 15.5. The van der Waals surface area contributed by atoms with Crippen molar-refractivity contribution in [2.24, 2.45) is 7.05 Å². The molecule has 1 aromatic carbocycles. The summed E-state index contributed by atoms with van der Waals surface area (Å²) in [7, 11) is 1.89. The molecule has 138 valence electrons. The molecule has 0 unspecified atom stereocenters. The van der Waals surface area contributed by atoms with Gasteiger partial charge < -0.3 is 19.4 Å². The molecule has 4 rings (SSSR count). The topological polar surface area (TPSA) is 78.3 Å². The van der Waals surface area contributed by atoms with E-state index in [0.717, 1.165) is 18.6 Å². The molecule has 1 fully saturated rings. The SMILES string of the molecule is Cn1c(SCC(=O)NC2CCCC2)nnc1[C@@H]1COc2ccccc2O1. The van der Waals surface area contributed by atoms with Crippen molar-refractivity contribution in [1.29, 1.82) is 0 Å². The Kier molecular flexibility index (Phi) is 5.01. The highest BCUT2D eigenvalue weighted by molar-refractivity contribution is 7.99. The zero-order chi connectivity index (χ0) is 17.9. The summed E-state index contributed by atoms with van der Waals surface area (Å²) in [5.74, 6) is 2.53. The second kappa shape index (κ2) is 7.57. The largest absolute Gasteiger partial charge is 0.485 e. The van der Waals surface area contributed by atoms with Crippen molar-refractivity contribution in [3.63, 3.8) is 0 Å². The molecule has 26 heavy (non-hydrogen) atoms. The molecule has 1 aliphatic heterocycles. The first kappa shape index (κ1) is 17.2. The number of hydrogen-bond donors (Lipinski definition) is 1. The first-order valence-corrected chi connectivity index (χ1v) is 9.89. The van der Waals surface area contributed by atoms with E-state index in [-0.39, 0.29) is 12.0 Å². The minimum Gasteiger partial charge on any atom is -0.485 e. The van der Waals surface area contributed by atoms with Crippen LogP contribution in [0.5, 0.6) is 11.5 Å². The number of thioether (sulfide) groups is 1. The fourth-order valence-corrected chi connectivity index (χ4v) is 4.08. The van der Waals surface area contributed by atoms with Crippen LogP contribution in [0.3, 0.4) is 0 Å². The van der Waals surface area contributed by atoms with Gasteiger partial charge in [0.25, 0.3) is 0 Å². The van der Waals surface area contributed by atoms with Crippen LogP contribution in [-0.2, 0) is 11.8 Å². The molecule has 1 aromatic heterocycles. The zero-order valence-electron chi connectivity index (χ0n) is 14.7. The van der Waals surface area contributed by atoms with Crippen LogP contribution in [0.4, 0.5) is 0 Å². The highest BCUT2D eigenvalue weighted by atomic mass is 32.2. The normalized spacial score (nSPS) is 19.5. The van der Waals surface area contributed by atoms with E-state index in [0.29, 0.717) is 35.1 Å². The predicted octanol–water partition coefficient (Wildman–Crippen LogP) is 2.48. The number of para-hydroxylation sites is 2. The minimum absolute atomic E-state index is 0.0534. The molecule has 0 spiro atoms. The van der Waals surface area contributed by atoms with Crippen LogP contribution in [0.2, 0.25) is 0 Å². The summed E-state index contributed by atoms with van der Waals surface area (Å²) < 4.78 is 13.6. The molecule has 1 aliphatic carbocycles. The Hall–Kier alpha value is -2.22. The summed E-state index contributed by atoms with van der Waals surface area (Å²) >= 11 is 1.39. The molecule has 2 aromatic rings. The first-order valence-electron chi connectivity index (χ1n) is 8.90. The Labute approximate surface area is 156 Å². The van der Waals surface area contributed by atoms with Gasteiger partial charge in [-0.3, -0.25) is 4.79 Å². The van der Waals surface area contributed by atoms with Gasteiger partial charge in [0, 0.05) is 13.1 Å². The fourth-order valence-electron chi connectivity index (χ4n) is 3.35. The molecule has 7 nitrogen and oxygen atoms in total. The maximum Gasteiger partial charge on any atom is 0.230 e. The van der Waals surface area contributed by atoms with Crippen molar-refractivity contribution in [1.82, 2.24) is 20.1 Å². The lowest BCUT2D eigenvalue weighted by Gasteiger charge is -2.25. The lowest BCUT2D eigenvalue weighted by Crippen LogP contribution is -2.33. The van der Waals surface area contributed by atoms with Gasteiger partial charge in [-0.15, -0.1) is 10.2 Å². The Morgan fingerprint density at radius 1 is 1.27 bits per heavy atom. The summed E-state index contributed by atoms with van der Waals surface area (Å²) in [5, 5.41) is 12.2. The van der Waals surface area contributed by atoms with Gasteiger partial charge in [0.2, 0.25) is 5.91 Å². The second-order valence-electron chi connectivity index (χ2n) is 6.60. The third kappa shape index (κ3) is 3.65. The number of carbonyl (C=O) groups excluding carboxylic acids is 1. The summed E-state index contributed by atoms with van der Waals surface area (Å²) in [6, 6.07) is 7.92. The summed E-state index contributed by atoms with van der Waals surface area (Å²) in [6.07, 6.45) is 4.27. The van der Waals surface area contributed by atoms with Crippen molar-refractivity contribution in [3.05, 3.63) is 30.1 Å². The Bertz CT molecular complexity index is 788. The van der Waals surface area contributed by atoms with Crippen molar-refractivity contribution < 1.29 is 14.3 Å². The van der Waals surface area contributed by atoms with Gasteiger partial charge in [-0.1, -0.05) is 36.7 Å². The van der Waals surface area contributed by atoms with E-state index < -0.39 is 0 Å². The van der Waals surface area contributed by atoms with Gasteiger partial charge >= 0.3 is 0 Å². The molecule has 0 bridgehead atoms. The Morgan fingerprint density at radius 3 is 2.85 bits per heavy atom. The number of hydrogen-bond acceptors (Lipinski definition) is 6. The molecule has 1 atom stereocenters. The van der Waals surface area contributed by atoms with E-state index in [9.17, 15) is 4.79 Å². The first-order chi connectivity index (χ1) is 12.7. The quantitative estimate of drug-likeness (QED) is 0.810. The highest BCUT2D eigenvalue weighted by Gasteiger charge is 2.27. The van der Waals surface area contributed by atoms with Gasteiger partial charge in [0.05, 0.1) is 5.75 Å². The maximum absolute atomic E-state index is 12.1. The third-order valence-corrected chi connectivity index (χ3v) is 5.74. The van der Waals surface area contributed by atoms with Crippen molar-refractivity contribution in [2.75, 3.05) is 12.4 Å². The van der Waals surface area contributed by atoms with Gasteiger partial charge in [-0.25, -0.2) is 0 Å². The molecule has 0 saturated heterocycles. The van der Waals surface area contributed by atoms with Crippen LogP contribution in [-0.4, -0.2) is 39.1 Å². The molecule has 0 radical (unpaired) electrons. The average Bonchev–Trinajstić information content (AvgIpc) is 3.29. The predicted molar refractivity (Wildman–Crippen MR) is 97.4 cm³/mol. The van der Waals surface area contributed by atoms with Gasteiger partial charge in [-0.2, -0.15) is 0 Å². The number of fused-ring (bicyclic) bond motifs is 1. The summed E-state index contributed by atoms with van der Waals surface area (Å²) in [5.41, 5.74) is 0. The highest BCUT2D eigenvalue weighted by Crippen LogP contribution is 2.35. The average molecular weight is 374 g/mol. The molecule has 2 aliphatic rings. The number of benzene rings is 1. The standard InChI is InChI=1S/C18H22N4O3S/c1-22-17(15-10-24-13-8-4-5-9-14(13)25-15)20-21-18(22)26-11-16(23)19-12-6-2-3-7-12/h4-5,8-9,12,15H,2-3,6-7,10-11H2,1H3,(H,19,23)/t15-/m0/s1. The Balaban J connectivity index is 1.36. The van der Waals surface area contributed by atoms with E-state index in [1.54, 1.807) is 0 Å².